The summed E-state index contributed by atoms with van der Waals surface area (Å²) in [6.07, 6.45) is 0.408. The summed E-state index contributed by atoms with van der Waals surface area (Å²) in [6, 6.07) is 22.3. The van der Waals surface area contributed by atoms with E-state index in [1.54, 1.807) is 31.2 Å². The molecule has 0 fully saturated rings. The molecular formula is C26H29N3O4. The third-order valence-electron chi connectivity index (χ3n) is 4.87. The number of hydrogen-bond acceptors (Lipinski definition) is 5. The molecule has 0 radical (unpaired) electrons. The lowest BCUT2D eigenvalue weighted by atomic mass is 10.1. The molecule has 0 aliphatic heterocycles. The number of hydrogen-bond donors (Lipinski definition) is 3. The van der Waals surface area contributed by atoms with E-state index in [0.717, 1.165) is 22.7 Å². The van der Waals surface area contributed by atoms with Crippen LogP contribution < -0.4 is 25.4 Å². The van der Waals surface area contributed by atoms with Gasteiger partial charge in [-0.2, -0.15) is 0 Å². The SMILES string of the molecule is CCC(=O)Nc1cccc(NCC(=O)Nc2ccc(OCCOc3ccccc3)cc2)c1C. The Hall–Kier alpha value is -4.00. The van der Waals surface area contributed by atoms with Gasteiger partial charge in [0.2, 0.25) is 11.8 Å². The quantitative estimate of drug-likeness (QED) is 0.366. The predicted octanol–water partition coefficient (Wildman–Crippen LogP) is 4.85. The Morgan fingerprint density at radius 3 is 2.03 bits per heavy atom. The number of anilines is 3. The second-order valence-corrected chi connectivity index (χ2v) is 7.32. The summed E-state index contributed by atoms with van der Waals surface area (Å²) in [5, 5.41) is 8.83. The van der Waals surface area contributed by atoms with Crippen LogP contribution in [-0.4, -0.2) is 31.6 Å². The van der Waals surface area contributed by atoms with E-state index in [1.165, 1.54) is 0 Å². The Labute approximate surface area is 194 Å². The van der Waals surface area contributed by atoms with Crippen molar-refractivity contribution in [3.05, 3.63) is 78.4 Å². The molecule has 0 unspecified atom stereocenters. The highest BCUT2D eigenvalue weighted by Crippen LogP contribution is 2.23. The zero-order valence-electron chi connectivity index (χ0n) is 18.9. The average Bonchev–Trinajstić information content (AvgIpc) is 2.84. The number of nitrogens with one attached hydrogen (secondary N) is 3. The first kappa shape index (κ1) is 23.7. The van der Waals surface area contributed by atoms with Crippen LogP contribution in [0.1, 0.15) is 18.9 Å². The maximum absolute atomic E-state index is 12.3. The first-order valence-electron chi connectivity index (χ1n) is 10.9. The molecule has 0 aliphatic carbocycles. The van der Waals surface area contributed by atoms with Gasteiger partial charge in [-0.3, -0.25) is 9.59 Å². The smallest absolute Gasteiger partial charge is 0.243 e. The van der Waals surface area contributed by atoms with Crippen LogP contribution >= 0.6 is 0 Å². The van der Waals surface area contributed by atoms with E-state index in [9.17, 15) is 9.59 Å². The largest absolute Gasteiger partial charge is 0.490 e. The van der Waals surface area contributed by atoms with Crippen molar-refractivity contribution in [3.63, 3.8) is 0 Å². The van der Waals surface area contributed by atoms with Gasteiger partial charge in [0.25, 0.3) is 0 Å². The van der Waals surface area contributed by atoms with Crippen molar-refractivity contribution in [1.82, 2.24) is 0 Å². The zero-order valence-corrected chi connectivity index (χ0v) is 18.9. The number of amides is 2. The molecule has 3 aromatic carbocycles. The van der Waals surface area contributed by atoms with E-state index in [-0.39, 0.29) is 18.4 Å². The van der Waals surface area contributed by atoms with E-state index in [4.69, 9.17) is 9.47 Å². The van der Waals surface area contributed by atoms with E-state index >= 15 is 0 Å². The fourth-order valence-corrected chi connectivity index (χ4v) is 3.05. The highest BCUT2D eigenvalue weighted by atomic mass is 16.5. The molecule has 0 heterocycles. The Kier molecular flexibility index (Phi) is 8.71. The van der Waals surface area contributed by atoms with Crippen LogP contribution in [0.2, 0.25) is 0 Å². The van der Waals surface area contributed by atoms with Crippen molar-refractivity contribution in [2.45, 2.75) is 20.3 Å². The summed E-state index contributed by atoms with van der Waals surface area (Å²) in [5.74, 6) is 1.27. The lowest BCUT2D eigenvalue weighted by Gasteiger charge is -2.14. The topological polar surface area (TPSA) is 88.7 Å². The molecule has 33 heavy (non-hydrogen) atoms. The number of benzene rings is 3. The third-order valence-corrected chi connectivity index (χ3v) is 4.87. The summed E-state index contributed by atoms with van der Waals surface area (Å²) < 4.78 is 11.3. The van der Waals surface area contributed by atoms with Gasteiger partial charge in [0.15, 0.2) is 0 Å². The van der Waals surface area contributed by atoms with Gasteiger partial charge in [0, 0.05) is 23.5 Å². The first-order chi connectivity index (χ1) is 16.0. The van der Waals surface area contributed by atoms with E-state index < -0.39 is 0 Å². The van der Waals surface area contributed by atoms with Gasteiger partial charge < -0.3 is 25.4 Å². The highest BCUT2D eigenvalue weighted by Gasteiger charge is 2.08. The fraction of sp³-hybridized carbons (Fsp3) is 0.231. The van der Waals surface area contributed by atoms with Gasteiger partial charge in [-0.1, -0.05) is 31.2 Å². The Bertz CT molecular complexity index is 1050. The van der Waals surface area contributed by atoms with Gasteiger partial charge in [-0.15, -0.1) is 0 Å². The molecule has 0 bridgehead atoms. The van der Waals surface area contributed by atoms with Gasteiger partial charge in [0.1, 0.15) is 24.7 Å². The Morgan fingerprint density at radius 1 is 0.727 bits per heavy atom. The van der Waals surface area contributed by atoms with E-state index in [1.807, 2.05) is 55.5 Å². The van der Waals surface area contributed by atoms with Crippen molar-refractivity contribution in [2.24, 2.45) is 0 Å². The minimum atomic E-state index is -0.178. The van der Waals surface area contributed by atoms with Crippen molar-refractivity contribution in [3.8, 4) is 11.5 Å². The maximum atomic E-state index is 12.3. The molecule has 0 aromatic heterocycles. The standard InChI is InChI=1S/C26H29N3O4/c1-3-25(30)29-24-11-7-10-23(19(24)2)27-18-26(31)28-20-12-14-22(15-13-20)33-17-16-32-21-8-5-4-6-9-21/h4-15,27H,3,16-18H2,1-2H3,(H,28,31)(H,29,30). The van der Waals surface area contributed by atoms with Crippen LogP contribution in [-0.2, 0) is 9.59 Å². The van der Waals surface area contributed by atoms with Crippen LogP contribution in [0, 0.1) is 6.92 Å². The number of rotatable bonds is 11. The molecule has 3 N–H and O–H groups in total. The molecule has 0 atom stereocenters. The first-order valence-corrected chi connectivity index (χ1v) is 10.9. The van der Waals surface area contributed by atoms with Crippen molar-refractivity contribution in [1.29, 1.82) is 0 Å². The molecule has 0 saturated carbocycles. The lowest BCUT2D eigenvalue weighted by Crippen LogP contribution is -2.22. The molecule has 7 nitrogen and oxygen atoms in total. The fourth-order valence-electron chi connectivity index (χ4n) is 3.05. The molecule has 7 heteroatoms. The summed E-state index contributed by atoms with van der Waals surface area (Å²) in [6.45, 7) is 4.66. The molecule has 0 spiro atoms. The zero-order chi connectivity index (χ0) is 23.5. The maximum Gasteiger partial charge on any atom is 0.243 e. The third kappa shape index (κ3) is 7.57. The molecular weight excluding hydrogens is 418 g/mol. The van der Waals surface area contributed by atoms with Gasteiger partial charge in [-0.25, -0.2) is 0 Å². The summed E-state index contributed by atoms with van der Waals surface area (Å²) in [5.41, 5.74) is 3.08. The number of carbonyl (C=O) groups excluding carboxylic acids is 2. The molecule has 3 rings (SSSR count). The second-order valence-electron chi connectivity index (χ2n) is 7.32. The van der Waals surface area contributed by atoms with Crippen LogP contribution in [0.5, 0.6) is 11.5 Å². The molecule has 0 aliphatic rings. The average molecular weight is 448 g/mol. The number of para-hydroxylation sites is 1. The normalized spacial score (nSPS) is 10.2. The summed E-state index contributed by atoms with van der Waals surface area (Å²) in [7, 11) is 0. The van der Waals surface area contributed by atoms with Gasteiger partial charge >= 0.3 is 0 Å². The minimum Gasteiger partial charge on any atom is -0.490 e. The number of ether oxygens (including phenoxy) is 2. The van der Waals surface area contributed by atoms with Gasteiger partial charge in [-0.05, 0) is 61.0 Å². The predicted molar refractivity (Wildman–Crippen MR) is 131 cm³/mol. The van der Waals surface area contributed by atoms with Crippen LogP contribution in [0.15, 0.2) is 72.8 Å². The summed E-state index contributed by atoms with van der Waals surface area (Å²) >= 11 is 0. The van der Waals surface area contributed by atoms with Crippen molar-refractivity contribution in [2.75, 3.05) is 35.7 Å². The second kappa shape index (κ2) is 12.1. The summed E-state index contributed by atoms with van der Waals surface area (Å²) in [4.78, 5) is 24.0. The van der Waals surface area contributed by atoms with Crippen LogP contribution in [0.3, 0.4) is 0 Å². The Morgan fingerprint density at radius 2 is 1.36 bits per heavy atom. The molecule has 172 valence electrons. The molecule has 3 aromatic rings. The van der Waals surface area contributed by atoms with E-state index in [2.05, 4.69) is 16.0 Å². The molecule has 2 amide bonds. The minimum absolute atomic E-state index is 0.0517. The van der Waals surface area contributed by atoms with Crippen LogP contribution in [0.25, 0.3) is 0 Å². The van der Waals surface area contributed by atoms with Crippen LogP contribution in [0.4, 0.5) is 17.1 Å². The number of carbonyl (C=O) groups is 2. The Balaban J connectivity index is 1.42. The van der Waals surface area contributed by atoms with Gasteiger partial charge in [0.05, 0.1) is 6.54 Å². The molecule has 0 saturated heterocycles. The van der Waals surface area contributed by atoms with Crippen molar-refractivity contribution >= 4 is 28.9 Å². The monoisotopic (exact) mass is 447 g/mol. The lowest BCUT2D eigenvalue weighted by molar-refractivity contribution is -0.116. The van der Waals surface area contributed by atoms with E-state index in [0.29, 0.717) is 31.1 Å². The van der Waals surface area contributed by atoms with Crippen molar-refractivity contribution < 1.29 is 19.1 Å². The highest BCUT2D eigenvalue weighted by molar-refractivity contribution is 5.95.